The van der Waals surface area contributed by atoms with Crippen molar-refractivity contribution in [3.05, 3.63) is 29.3 Å². The van der Waals surface area contributed by atoms with Crippen molar-refractivity contribution in [1.82, 2.24) is 4.90 Å². The summed E-state index contributed by atoms with van der Waals surface area (Å²) in [6, 6.07) is 6.50. The van der Waals surface area contributed by atoms with Gasteiger partial charge in [0.2, 0.25) is 5.91 Å². The van der Waals surface area contributed by atoms with E-state index in [1.807, 2.05) is 24.0 Å². The Hall–Kier alpha value is -1.55. The minimum atomic E-state index is 0.0201. The zero-order valence-corrected chi connectivity index (χ0v) is 11.7. The number of carbonyl (C=O) groups is 1. The van der Waals surface area contributed by atoms with E-state index < -0.39 is 0 Å². The lowest BCUT2D eigenvalue weighted by Gasteiger charge is -2.22. The zero-order chi connectivity index (χ0) is 13.8. The Morgan fingerprint density at radius 1 is 1.42 bits per heavy atom. The van der Waals surface area contributed by atoms with Crippen molar-refractivity contribution in [2.45, 2.75) is 32.7 Å². The zero-order valence-electron chi connectivity index (χ0n) is 11.7. The number of nitrogens with two attached hydrogens (primary N) is 1. The molecule has 0 aromatic heterocycles. The molecule has 0 bridgehead atoms. The topological polar surface area (TPSA) is 55.6 Å². The van der Waals surface area contributed by atoms with Crippen LogP contribution < -0.4 is 10.5 Å². The van der Waals surface area contributed by atoms with Gasteiger partial charge in [0.05, 0.1) is 13.1 Å². The Morgan fingerprint density at radius 2 is 2.16 bits per heavy atom. The third-order valence-electron chi connectivity index (χ3n) is 3.40. The van der Waals surface area contributed by atoms with E-state index in [1.165, 1.54) is 5.56 Å². The average molecular weight is 262 g/mol. The number of amides is 1. The van der Waals surface area contributed by atoms with Gasteiger partial charge < -0.3 is 15.4 Å². The Bertz CT molecular complexity index is 455. The van der Waals surface area contributed by atoms with Crippen molar-refractivity contribution < 1.29 is 9.53 Å². The SMILES string of the molecule is Cc1ccc(OCCN(C(=O)CN)C2CC2)c(C)c1. The molecule has 4 nitrogen and oxygen atoms in total. The second kappa shape index (κ2) is 6.06. The Kier molecular flexibility index (Phi) is 4.43. The summed E-state index contributed by atoms with van der Waals surface area (Å²) in [6.45, 7) is 5.32. The molecule has 4 heteroatoms. The molecule has 0 heterocycles. The first kappa shape index (κ1) is 13.9. The first-order valence-corrected chi connectivity index (χ1v) is 6.81. The van der Waals surface area contributed by atoms with Crippen LogP contribution in [0.1, 0.15) is 24.0 Å². The third-order valence-corrected chi connectivity index (χ3v) is 3.40. The highest BCUT2D eigenvalue weighted by atomic mass is 16.5. The molecule has 0 saturated heterocycles. The van der Waals surface area contributed by atoms with Crippen LogP contribution in [-0.2, 0) is 4.79 Å². The maximum absolute atomic E-state index is 11.7. The molecule has 2 rings (SSSR count). The summed E-state index contributed by atoms with van der Waals surface area (Å²) in [5.41, 5.74) is 7.78. The normalized spacial score (nSPS) is 14.3. The number of nitrogens with zero attached hydrogens (tertiary/aromatic N) is 1. The van der Waals surface area contributed by atoms with Gasteiger partial charge in [0.1, 0.15) is 12.4 Å². The van der Waals surface area contributed by atoms with E-state index in [-0.39, 0.29) is 12.5 Å². The average Bonchev–Trinajstić information content (AvgIpc) is 3.20. The van der Waals surface area contributed by atoms with E-state index in [1.54, 1.807) is 0 Å². The van der Waals surface area contributed by atoms with Crippen LogP contribution in [0.2, 0.25) is 0 Å². The maximum atomic E-state index is 11.7. The molecular formula is C15H22N2O2. The predicted octanol–water partition coefficient (Wildman–Crippen LogP) is 1.63. The lowest BCUT2D eigenvalue weighted by molar-refractivity contribution is -0.130. The summed E-state index contributed by atoms with van der Waals surface area (Å²) >= 11 is 0. The van der Waals surface area contributed by atoms with Crippen LogP contribution in [0.25, 0.3) is 0 Å². The largest absolute Gasteiger partial charge is 0.491 e. The van der Waals surface area contributed by atoms with Gasteiger partial charge in [-0.15, -0.1) is 0 Å². The summed E-state index contributed by atoms with van der Waals surface area (Å²) in [4.78, 5) is 13.5. The molecule has 0 radical (unpaired) electrons. The van der Waals surface area contributed by atoms with Gasteiger partial charge in [0.25, 0.3) is 0 Å². The van der Waals surface area contributed by atoms with Crippen LogP contribution in [0, 0.1) is 13.8 Å². The Balaban J connectivity index is 1.86. The number of hydrogen-bond acceptors (Lipinski definition) is 3. The summed E-state index contributed by atoms with van der Waals surface area (Å²) in [5, 5.41) is 0. The van der Waals surface area contributed by atoms with Gasteiger partial charge in [-0.2, -0.15) is 0 Å². The minimum Gasteiger partial charge on any atom is -0.491 e. The molecular weight excluding hydrogens is 240 g/mol. The van der Waals surface area contributed by atoms with Crippen molar-refractivity contribution in [2.75, 3.05) is 19.7 Å². The molecule has 0 atom stereocenters. The number of carbonyl (C=O) groups excluding carboxylic acids is 1. The number of ether oxygens (including phenoxy) is 1. The van der Waals surface area contributed by atoms with Crippen LogP contribution in [-0.4, -0.2) is 36.5 Å². The fourth-order valence-electron chi connectivity index (χ4n) is 2.23. The molecule has 0 spiro atoms. The number of benzene rings is 1. The molecule has 0 unspecified atom stereocenters. The van der Waals surface area contributed by atoms with Gasteiger partial charge in [0.15, 0.2) is 0 Å². The van der Waals surface area contributed by atoms with E-state index in [0.717, 1.165) is 24.2 Å². The molecule has 0 aliphatic heterocycles. The first-order valence-electron chi connectivity index (χ1n) is 6.81. The molecule has 2 N–H and O–H groups in total. The highest BCUT2D eigenvalue weighted by Crippen LogP contribution is 2.26. The van der Waals surface area contributed by atoms with Crippen LogP contribution in [0.5, 0.6) is 5.75 Å². The van der Waals surface area contributed by atoms with Gasteiger partial charge in [0, 0.05) is 6.04 Å². The quantitative estimate of drug-likeness (QED) is 0.847. The van der Waals surface area contributed by atoms with E-state index in [9.17, 15) is 4.79 Å². The standard InChI is InChI=1S/C15H22N2O2/c1-11-3-6-14(12(2)9-11)19-8-7-17(13-4-5-13)15(18)10-16/h3,6,9,13H,4-5,7-8,10,16H2,1-2H3. The van der Waals surface area contributed by atoms with Crippen molar-refractivity contribution in [1.29, 1.82) is 0 Å². The van der Waals surface area contributed by atoms with Gasteiger partial charge in [-0.25, -0.2) is 0 Å². The summed E-state index contributed by atoms with van der Waals surface area (Å²) in [7, 11) is 0. The summed E-state index contributed by atoms with van der Waals surface area (Å²) in [5.74, 6) is 0.910. The molecule has 1 aromatic rings. The Labute approximate surface area is 114 Å². The number of rotatable bonds is 6. The number of aryl methyl sites for hydroxylation is 2. The highest BCUT2D eigenvalue weighted by Gasteiger charge is 2.31. The van der Waals surface area contributed by atoms with Gasteiger partial charge >= 0.3 is 0 Å². The minimum absolute atomic E-state index is 0.0201. The molecule has 19 heavy (non-hydrogen) atoms. The lowest BCUT2D eigenvalue weighted by Crippen LogP contribution is -2.40. The van der Waals surface area contributed by atoms with E-state index in [4.69, 9.17) is 10.5 Å². The summed E-state index contributed by atoms with van der Waals surface area (Å²) in [6.07, 6.45) is 2.19. The molecule has 1 aliphatic carbocycles. The van der Waals surface area contributed by atoms with E-state index in [0.29, 0.717) is 19.2 Å². The van der Waals surface area contributed by atoms with Gasteiger partial charge in [-0.3, -0.25) is 4.79 Å². The highest BCUT2D eigenvalue weighted by molar-refractivity contribution is 5.78. The van der Waals surface area contributed by atoms with Crippen LogP contribution in [0.3, 0.4) is 0 Å². The summed E-state index contributed by atoms with van der Waals surface area (Å²) < 4.78 is 5.76. The van der Waals surface area contributed by atoms with E-state index in [2.05, 4.69) is 13.0 Å². The van der Waals surface area contributed by atoms with Crippen molar-refractivity contribution >= 4 is 5.91 Å². The van der Waals surface area contributed by atoms with Crippen molar-refractivity contribution in [3.63, 3.8) is 0 Å². The van der Waals surface area contributed by atoms with Crippen LogP contribution >= 0.6 is 0 Å². The molecule has 1 aliphatic rings. The fraction of sp³-hybridized carbons (Fsp3) is 0.533. The molecule has 1 aromatic carbocycles. The third kappa shape index (κ3) is 3.70. The van der Waals surface area contributed by atoms with Crippen molar-refractivity contribution in [2.24, 2.45) is 5.73 Å². The van der Waals surface area contributed by atoms with Crippen LogP contribution in [0.4, 0.5) is 0 Å². The molecule has 1 saturated carbocycles. The Morgan fingerprint density at radius 3 is 2.74 bits per heavy atom. The van der Waals surface area contributed by atoms with E-state index >= 15 is 0 Å². The second-order valence-electron chi connectivity index (χ2n) is 5.14. The first-order chi connectivity index (χ1) is 9.11. The predicted molar refractivity (Wildman–Crippen MR) is 75.2 cm³/mol. The van der Waals surface area contributed by atoms with Crippen molar-refractivity contribution in [3.8, 4) is 5.75 Å². The second-order valence-corrected chi connectivity index (χ2v) is 5.14. The molecule has 104 valence electrons. The monoisotopic (exact) mass is 262 g/mol. The van der Waals surface area contributed by atoms with Gasteiger partial charge in [-0.1, -0.05) is 17.7 Å². The molecule has 1 amide bonds. The van der Waals surface area contributed by atoms with Gasteiger partial charge in [-0.05, 0) is 38.3 Å². The lowest BCUT2D eigenvalue weighted by atomic mass is 10.1. The fourth-order valence-corrected chi connectivity index (χ4v) is 2.23. The molecule has 1 fully saturated rings. The van der Waals surface area contributed by atoms with Crippen LogP contribution in [0.15, 0.2) is 18.2 Å². The maximum Gasteiger partial charge on any atom is 0.236 e. The smallest absolute Gasteiger partial charge is 0.236 e. The number of hydrogen-bond donors (Lipinski definition) is 1.